The molecule has 0 aliphatic heterocycles. The number of hydrogen-bond acceptors (Lipinski definition) is 2. The maximum Gasteiger partial charge on any atom is 0.0722 e. The third kappa shape index (κ3) is 11.6. The zero-order valence-corrected chi connectivity index (χ0v) is 9.46. The molecule has 0 bridgehead atoms. The van der Waals surface area contributed by atoms with Gasteiger partial charge in [0.05, 0.1) is 19.3 Å². The van der Waals surface area contributed by atoms with E-state index in [0.29, 0.717) is 13.1 Å². The number of aliphatic imine (C=N–C) groups is 2. The van der Waals surface area contributed by atoms with E-state index < -0.39 is 0 Å². The highest BCUT2D eigenvalue weighted by atomic mass is 14.8. The van der Waals surface area contributed by atoms with Gasteiger partial charge in [-0.3, -0.25) is 9.98 Å². The van der Waals surface area contributed by atoms with Crippen molar-refractivity contribution in [2.24, 2.45) is 9.98 Å². The summed E-state index contributed by atoms with van der Waals surface area (Å²) in [5.74, 6) is 20.8. The second kappa shape index (κ2) is 12.6. The Hall–Kier alpha value is -2.42. The van der Waals surface area contributed by atoms with Gasteiger partial charge in [0.15, 0.2) is 0 Å². The van der Waals surface area contributed by atoms with Crippen LogP contribution >= 0.6 is 0 Å². The van der Waals surface area contributed by atoms with Crippen LogP contribution in [0.1, 0.15) is 13.8 Å². The summed E-state index contributed by atoms with van der Waals surface area (Å²) in [5.41, 5.74) is 0. The van der Waals surface area contributed by atoms with E-state index in [1.54, 1.807) is 13.1 Å². The van der Waals surface area contributed by atoms with E-state index in [-0.39, 0.29) is 0 Å². The molecule has 2 heteroatoms. The monoisotopic (exact) mass is 208 g/mol. The second-order valence-electron chi connectivity index (χ2n) is 2.34. The molecule has 0 saturated carbocycles. The molecular weight excluding hydrogens is 196 g/mol. The predicted octanol–water partition coefficient (Wildman–Crippen LogP) is 1.18. The van der Waals surface area contributed by atoms with Crippen molar-refractivity contribution < 1.29 is 0 Å². The molecule has 0 aromatic heterocycles. The Balaban J connectivity index is 3.85. The zero-order chi connectivity index (χ0) is 11.9. The van der Waals surface area contributed by atoms with E-state index in [9.17, 15) is 0 Å². The summed E-state index contributed by atoms with van der Waals surface area (Å²) in [4.78, 5) is 8.02. The van der Waals surface area contributed by atoms with Crippen molar-refractivity contribution >= 4 is 12.4 Å². The molecular formula is C14H12N2. The Morgan fingerprint density at radius 1 is 0.875 bits per heavy atom. The molecule has 0 atom stereocenters. The van der Waals surface area contributed by atoms with Gasteiger partial charge in [0, 0.05) is 0 Å². The summed E-state index contributed by atoms with van der Waals surface area (Å²) in [6, 6.07) is 0. The van der Waals surface area contributed by atoms with Crippen LogP contribution < -0.4 is 0 Å². The largest absolute Gasteiger partial charge is 0.296 e. The maximum atomic E-state index is 4.02. The van der Waals surface area contributed by atoms with Crippen molar-refractivity contribution in [3.63, 3.8) is 0 Å². The molecule has 0 unspecified atom stereocenters. The van der Waals surface area contributed by atoms with Crippen LogP contribution in [0, 0.1) is 47.4 Å². The second-order valence-corrected chi connectivity index (χ2v) is 2.34. The Bertz CT molecular complexity index is 480. The first kappa shape index (κ1) is 13.6. The van der Waals surface area contributed by atoms with Crippen molar-refractivity contribution in [3.8, 4) is 47.4 Å². The first-order chi connectivity index (χ1) is 7.91. The van der Waals surface area contributed by atoms with Gasteiger partial charge in [0.1, 0.15) is 0 Å². The number of nitrogens with zero attached hydrogens (tertiary/aromatic N) is 2. The van der Waals surface area contributed by atoms with Crippen LogP contribution in [-0.2, 0) is 0 Å². The van der Waals surface area contributed by atoms with Gasteiger partial charge in [-0.05, 0) is 61.5 Å². The van der Waals surface area contributed by atoms with Crippen LogP contribution in [-0.4, -0.2) is 25.5 Å². The van der Waals surface area contributed by atoms with Crippen LogP contribution in [0.15, 0.2) is 9.98 Å². The summed E-state index contributed by atoms with van der Waals surface area (Å²) in [6.45, 7) is 4.95. The van der Waals surface area contributed by atoms with Crippen LogP contribution in [0.2, 0.25) is 0 Å². The minimum atomic E-state index is 0.651. The van der Waals surface area contributed by atoms with Crippen LogP contribution in [0.25, 0.3) is 0 Å². The van der Waals surface area contributed by atoms with Crippen LogP contribution in [0.4, 0.5) is 0 Å². The summed E-state index contributed by atoms with van der Waals surface area (Å²) in [6.07, 6.45) is 3.28. The third-order valence-electron chi connectivity index (χ3n) is 1.21. The maximum absolute atomic E-state index is 4.02. The molecule has 16 heavy (non-hydrogen) atoms. The summed E-state index contributed by atoms with van der Waals surface area (Å²) < 4.78 is 0. The van der Waals surface area contributed by atoms with E-state index >= 15 is 0 Å². The van der Waals surface area contributed by atoms with Crippen molar-refractivity contribution in [1.29, 1.82) is 0 Å². The van der Waals surface area contributed by atoms with Crippen molar-refractivity contribution in [1.82, 2.24) is 0 Å². The lowest BCUT2D eigenvalue weighted by atomic mass is 10.5. The predicted molar refractivity (Wildman–Crippen MR) is 69.2 cm³/mol. The van der Waals surface area contributed by atoms with Gasteiger partial charge in [-0.15, -0.1) is 0 Å². The van der Waals surface area contributed by atoms with E-state index in [1.165, 1.54) is 6.21 Å². The standard InChI is InChI=1S/C14H12N2/c1-3-5-6-7-8-9-10-11-12-16-14-13-15-4-2/h4,12H,13-14H2,1-2H3. The molecule has 2 nitrogen and oxygen atoms in total. The van der Waals surface area contributed by atoms with Gasteiger partial charge in [-0.2, -0.15) is 0 Å². The van der Waals surface area contributed by atoms with Gasteiger partial charge < -0.3 is 0 Å². The highest BCUT2D eigenvalue weighted by Crippen LogP contribution is 1.70. The molecule has 0 fully saturated rings. The molecule has 0 aliphatic carbocycles. The fourth-order valence-electron chi connectivity index (χ4n) is 0.611. The lowest BCUT2D eigenvalue weighted by molar-refractivity contribution is 0.985. The number of rotatable bonds is 3. The summed E-state index contributed by atoms with van der Waals surface area (Å²) in [7, 11) is 0. The van der Waals surface area contributed by atoms with Gasteiger partial charge in [0.25, 0.3) is 0 Å². The SMILES string of the molecule is CC#CC#CC#CC#CC=NCCN=CC. The normalized spacial score (nSPS) is 7.88. The molecule has 0 aliphatic rings. The highest BCUT2D eigenvalue weighted by molar-refractivity contribution is 5.79. The lowest BCUT2D eigenvalue weighted by Crippen LogP contribution is -1.85. The topological polar surface area (TPSA) is 24.7 Å². The van der Waals surface area contributed by atoms with E-state index in [0.717, 1.165) is 0 Å². The molecule has 0 heterocycles. The minimum absolute atomic E-state index is 0.651. The van der Waals surface area contributed by atoms with Crippen molar-refractivity contribution in [2.75, 3.05) is 13.1 Å². The zero-order valence-electron chi connectivity index (χ0n) is 9.46. The average Bonchev–Trinajstić information content (AvgIpc) is 2.31. The third-order valence-corrected chi connectivity index (χ3v) is 1.21. The molecule has 0 spiro atoms. The Kier molecular flexibility index (Phi) is 10.7. The van der Waals surface area contributed by atoms with Crippen LogP contribution in [0.5, 0.6) is 0 Å². The quantitative estimate of drug-likeness (QED) is 0.378. The molecule has 78 valence electrons. The molecule has 0 rings (SSSR count). The van der Waals surface area contributed by atoms with Gasteiger partial charge >= 0.3 is 0 Å². The summed E-state index contributed by atoms with van der Waals surface area (Å²) >= 11 is 0. The van der Waals surface area contributed by atoms with Gasteiger partial charge in [-0.25, -0.2) is 0 Å². The Morgan fingerprint density at radius 2 is 1.50 bits per heavy atom. The molecule has 0 radical (unpaired) electrons. The Labute approximate surface area is 97.3 Å². The van der Waals surface area contributed by atoms with Crippen LogP contribution in [0.3, 0.4) is 0 Å². The average molecular weight is 208 g/mol. The fraction of sp³-hybridized carbons (Fsp3) is 0.286. The highest BCUT2D eigenvalue weighted by Gasteiger charge is 1.72. The van der Waals surface area contributed by atoms with E-state index in [2.05, 4.69) is 57.3 Å². The molecule has 0 aromatic carbocycles. The van der Waals surface area contributed by atoms with Crippen molar-refractivity contribution in [2.45, 2.75) is 13.8 Å². The minimum Gasteiger partial charge on any atom is -0.296 e. The lowest BCUT2D eigenvalue weighted by Gasteiger charge is -1.82. The fourth-order valence-corrected chi connectivity index (χ4v) is 0.611. The molecule has 0 aromatic rings. The Morgan fingerprint density at radius 3 is 2.19 bits per heavy atom. The molecule has 0 amide bonds. The molecule has 0 saturated heterocycles. The smallest absolute Gasteiger partial charge is 0.0722 e. The van der Waals surface area contributed by atoms with Gasteiger partial charge in [0.2, 0.25) is 0 Å². The van der Waals surface area contributed by atoms with E-state index in [4.69, 9.17) is 0 Å². The van der Waals surface area contributed by atoms with Crippen molar-refractivity contribution in [3.05, 3.63) is 0 Å². The van der Waals surface area contributed by atoms with E-state index in [1.807, 2.05) is 6.92 Å². The number of hydrogen-bond donors (Lipinski definition) is 0. The van der Waals surface area contributed by atoms with Gasteiger partial charge in [-0.1, -0.05) is 5.92 Å². The first-order valence-corrected chi connectivity index (χ1v) is 4.76. The first-order valence-electron chi connectivity index (χ1n) is 4.76. The molecule has 0 N–H and O–H groups in total. The summed E-state index contributed by atoms with van der Waals surface area (Å²) in [5, 5.41) is 0.